The van der Waals surface area contributed by atoms with Crippen molar-refractivity contribution in [1.82, 2.24) is 10.2 Å². The Balaban J connectivity index is 2.47. The molecule has 0 bridgehead atoms. The monoisotopic (exact) mass is 521 g/mol. The third-order valence-corrected chi connectivity index (χ3v) is 6.96. The zero-order valence-corrected chi connectivity index (χ0v) is 22.0. The Bertz CT molecular complexity index is 1170. The molecule has 190 valence electrons. The average molecular weight is 522 g/mol. The first-order valence-corrected chi connectivity index (χ1v) is 13.6. The van der Waals surface area contributed by atoms with E-state index in [9.17, 15) is 22.8 Å². The van der Waals surface area contributed by atoms with Crippen LogP contribution in [0.25, 0.3) is 0 Å². The van der Waals surface area contributed by atoms with Crippen LogP contribution in [0.3, 0.4) is 0 Å². The number of Topliss-reactive ketones (excluding diaryl/α,β-unsaturated/α-hetero) is 1. The quantitative estimate of drug-likeness (QED) is 0.429. The third-order valence-electron chi connectivity index (χ3n) is 5.45. The van der Waals surface area contributed by atoms with Gasteiger partial charge in [-0.2, -0.15) is 0 Å². The molecule has 0 radical (unpaired) electrons. The summed E-state index contributed by atoms with van der Waals surface area (Å²) in [5.74, 6) is -1.12. The molecule has 0 fully saturated rings. The molecule has 35 heavy (non-hydrogen) atoms. The minimum absolute atomic E-state index is 0.0294. The molecule has 0 aromatic heterocycles. The van der Waals surface area contributed by atoms with Crippen LogP contribution in [-0.2, 0) is 26.2 Å². The highest BCUT2D eigenvalue weighted by atomic mass is 35.5. The number of hydrogen-bond acceptors (Lipinski definition) is 5. The lowest BCUT2D eigenvalue weighted by Gasteiger charge is -2.33. The number of nitrogens with one attached hydrogen (secondary N) is 1. The first-order valence-electron chi connectivity index (χ1n) is 11.4. The SMILES string of the molecule is CCCNC(=O)[C@H](CC)N(Cc1ccccc1Cl)C(=O)CN(c1cccc(C(C)=O)c1)S(C)(=O)=O. The maximum absolute atomic E-state index is 13.6. The van der Waals surface area contributed by atoms with Crippen LogP contribution in [0.4, 0.5) is 5.69 Å². The normalized spacial score (nSPS) is 12.0. The number of anilines is 1. The highest BCUT2D eigenvalue weighted by Gasteiger charge is 2.32. The fourth-order valence-corrected chi connectivity index (χ4v) is 4.63. The summed E-state index contributed by atoms with van der Waals surface area (Å²) in [5.41, 5.74) is 1.14. The van der Waals surface area contributed by atoms with Gasteiger partial charge in [-0.1, -0.05) is 55.8 Å². The molecular weight excluding hydrogens is 490 g/mol. The molecule has 2 amide bonds. The number of carbonyl (C=O) groups is 3. The van der Waals surface area contributed by atoms with Gasteiger partial charge in [0, 0.05) is 23.7 Å². The number of amides is 2. The maximum atomic E-state index is 13.6. The summed E-state index contributed by atoms with van der Waals surface area (Å²) in [7, 11) is -3.89. The Morgan fingerprint density at radius 2 is 1.74 bits per heavy atom. The number of sulfonamides is 1. The van der Waals surface area contributed by atoms with Crippen molar-refractivity contribution < 1.29 is 22.8 Å². The summed E-state index contributed by atoms with van der Waals surface area (Å²) in [6, 6.07) is 12.2. The number of rotatable bonds is 12. The summed E-state index contributed by atoms with van der Waals surface area (Å²) in [6.07, 6.45) is 2.05. The number of carbonyl (C=O) groups excluding carboxylic acids is 3. The van der Waals surface area contributed by atoms with Gasteiger partial charge in [0.2, 0.25) is 21.8 Å². The number of ketones is 1. The average Bonchev–Trinajstić information content (AvgIpc) is 2.81. The van der Waals surface area contributed by atoms with Crippen molar-refractivity contribution in [2.24, 2.45) is 0 Å². The lowest BCUT2D eigenvalue weighted by molar-refractivity contribution is -0.140. The van der Waals surface area contributed by atoms with Crippen molar-refractivity contribution in [3.8, 4) is 0 Å². The Hall–Kier alpha value is -2.91. The van der Waals surface area contributed by atoms with E-state index in [0.29, 0.717) is 29.1 Å². The zero-order chi connectivity index (χ0) is 26.2. The van der Waals surface area contributed by atoms with E-state index in [1.807, 2.05) is 6.92 Å². The van der Waals surface area contributed by atoms with E-state index >= 15 is 0 Å². The summed E-state index contributed by atoms with van der Waals surface area (Å²) < 4.78 is 26.3. The van der Waals surface area contributed by atoms with Gasteiger partial charge in [-0.25, -0.2) is 8.42 Å². The van der Waals surface area contributed by atoms with Gasteiger partial charge in [0.05, 0.1) is 11.9 Å². The Labute approximate surface area is 212 Å². The molecule has 1 N–H and O–H groups in total. The first-order chi connectivity index (χ1) is 16.5. The molecule has 0 aliphatic heterocycles. The summed E-state index contributed by atoms with van der Waals surface area (Å²) in [5, 5.41) is 3.25. The van der Waals surface area contributed by atoms with E-state index < -0.39 is 28.5 Å². The number of nitrogens with zero attached hydrogens (tertiary/aromatic N) is 2. The minimum atomic E-state index is -3.89. The van der Waals surface area contributed by atoms with Gasteiger partial charge in [-0.05, 0) is 43.5 Å². The van der Waals surface area contributed by atoms with Crippen molar-refractivity contribution in [1.29, 1.82) is 0 Å². The van der Waals surface area contributed by atoms with Crippen LogP contribution in [0.5, 0.6) is 0 Å². The number of halogens is 1. The Kier molecular flexibility index (Phi) is 10.3. The third kappa shape index (κ3) is 7.80. The van der Waals surface area contributed by atoms with Crippen LogP contribution in [-0.4, -0.2) is 56.3 Å². The summed E-state index contributed by atoms with van der Waals surface area (Å²) in [6.45, 7) is 5.03. The Morgan fingerprint density at radius 3 is 2.31 bits per heavy atom. The molecule has 0 saturated carbocycles. The Morgan fingerprint density at radius 1 is 1.06 bits per heavy atom. The fraction of sp³-hybridized carbons (Fsp3) is 0.400. The van der Waals surface area contributed by atoms with Gasteiger partial charge in [-0.15, -0.1) is 0 Å². The maximum Gasteiger partial charge on any atom is 0.244 e. The van der Waals surface area contributed by atoms with E-state index in [-0.39, 0.29) is 23.9 Å². The second kappa shape index (κ2) is 12.7. The van der Waals surface area contributed by atoms with Crippen LogP contribution < -0.4 is 9.62 Å². The van der Waals surface area contributed by atoms with Crippen molar-refractivity contribution in [3.05, 3.63) is 64.7 Å². The molecule has 10 heteroatoms. The van der Waals surface area contributed by atoms with Crippen LogP contribution in [0.2, 0.25) is 5.02 Å². The molecule has 0 saturated heterocycles. The first kappa shape index (κ1) is 28.3. The fourth-order valence-electron chi connectivity index (χ4n) is 3.59. The summed E-state index contributed by atoms with van der Waals surface area (Å²) in [4.78, 5) is 39.7. The smallest absolute Gasteiger partial charge is 0.244 e. The zero-order valence-electron chi connectivity index (χ0n) is 20.5. The van der Waals surface area contributed by atoms with Gasteiger partial charge in [0.25, 0.3) is 0 Å². The molecule has 2 aromatic rings. The predicted molar refractivity (Wildman–Crippen MR) is 138 cm³/mol. The molecule has 0 aliphatic rings. The minimum Gasteiger partial charge on any atom is -0.354 e. The second-order valence-corrected chi connectivity index (χ2v) is 10.5. The summed E-state index contributed by atoms with van der Waals surface area (Å²) >= 11 is 6.33. The molecule has 0 heterocycles. The largest absolute Gasteiger partial charge is 0.354 e. The van der Waals surface area contributed by atoms with Crippen molar-refractivity contribution in [2.45, 2.75) is 46.2 Å². The van der Waals surface area contributed by atoms with Crippen molar-refractivity contribution >= 4 is 44.9 Å². The van der Waals surface area contributed by atoms with E-state index in [1.165, 1.54) is 24.0 Å². The molecular formula is C25H32ClN3O5S. The second-order valence-electron chi connectivity index (χ2n) is 8.20. The predicted octanol–water partition coefficient (Wildman–Crippen LogP) is 3.64. The van der Waals surface area contributed by atoms with E-state index in [4.69, 9.17) is 11.6 Å². The highest BCUT2D eigenvalue weighted by molar-refractivity contribution is 7.92. The molecule has 2 aromatic carbocycles. The molecule has 2 rings (SSSR count). The lowest BCUT2D eigenvalue weighted by Crippen LogP contribution is -2.52. The van der Waals surface area contributed by atoms with Gasteiger partial charge in [0.1, 0.15) is 12.6 Å². The van der Waals surface area contributed by atoms with Crippen LogP contribution in [0.15, 0.2) is 48.5 Å². The van der Waals surface area contributed by atoms with Crippen molar-refractivity contribution in [3.63, 3.8) is 0 Å². The topological polar surface area (TPSA) is 104 Å². The van der Waals surface area contributed by atoms with E-state index in [2.05, 4.69) is 5.32 Å². The van der Waals surface area contributed by atoms with Gasteiger partial charge in [0.15, 0.2) is 5.78 Å². The van der Waals surface area contributed by atoms with E-state index in [0.717, 1.165) is 17.0 Å². The molecule has 0 aliphatic carbocycles. The molecule has 0 spiro atoms. The van der Waals surface area contributed by atoms with Crippen LogP contribution in [0, 0.1) is 0 Å². The van der Waals surface area contributed by atoms with Crippen LogP contribution in [0.1, 0.15) is 49.5 Å². The standard InChI is InChI=1S/C25H32ClN3O5S/c1-5-14-27-25(32)23(6-2)28(16-20-10-7-8-13-22(20)26)24(31)17-29(35(4,33)34)21-12-9-11-19(15-21)18(3)30/h7-13,15,23H,5-6,14,16-17H2,1-4H3,(H,27,32)/t23-/m0/s1. The molecule has 1 atom stereocenters. The molecule has 8 nitrogen and oxygen atoms in total. The van der Waals surface area contributed by atoms with Crippen LogP contribution >= 0.6 is 11.6 Å². The number of hydrogen-bond donors (Lipinski definition) is 1. The highest BCUT2D eigenvalue weighted by Crippen LogP contribution is 2.23. The van der Waals surface area contributed by atoms with Gasteiger partial charge in [-0.3, -0.25) is 18.7 Å². The molecule has 0 unspecified atom stereocenters. The van der Waals surface area contributed by atoms with E-state index in [1.54, 1.807) is 43.3 Å². The lowest BCUT2D eigenvalue weighted by atomic mass is 10.1. The van der Waals surface area contributed by atoms with Gasteiger partial charge < -0.3 is 10.2 Å². The van der Waals surface area contributed by atoms with Crippen molar-refractivity contribution in [2.75, 3.05) is 23.7 Å². The number of benzene rings is 2. The van der Waals surface area contributed by atoms with Gasteiger partial charge >= 0.3 is 0 Å².